The smallest absolute Gasteiger partial charge is 0.416 e. The number of hydrogen-bond acceptors (Lipinski definition) is 5. The zero-order valence-electron chi connectivity index (χ0n) is 17.5. The maximum absolute atomic E-state index is 12.8. The van der Waals surface area contributed by atoms with Crippen molar-refractivity contribution in [1.29, 1.82) is 0 Å². The van der Waals surface area contributed by atoms with Crippen LogP contribution in [-0.2, 0) is 17.4 Å². The molecule has 31 heavy (non-hydrogen) atoms. The first-order chi connectivity index (χ1) is 14.6. The van der Waals surface area contributed by atoms with Gasteiger partial charge in [-0.1, -0.05) is 0 Å². The molecule has 0 aliphatic carbocycles. The van der Waals surface area contributed by atoms with Crippen LogP contribution in [0.25, 0.3) is 11.3 Å². The highest BCUT2D eigenvalue weighted by atomic mass is 19.4. The number of alkyl halides is 3. The minimum absolute atomic E-state index is 0.225. The second-order valence-electron chi connectivity index (χ2n) is 8.18. The van der Waals surface area contributed by atoms with Crippen molar-refractivity contribution in [1.82, 2.24) is 15.1 Å². The van der Waals surface area contributed by atoms with Crippen LogP contribution < -0.4 is 5.73 Å². The van der Waals surface area contributed by atoms with Crippen LogP contribution in [0.2, 0.25) is 0 Å². The number of benzene rings is 1. The monoisotopic (exact) mass is 436 g/mol. The number of hydrogen-bond donors (Lipinski definition) is 2. The van der Waals surface area contributed by atoms with Gasteiger partial charge in [-0.25, -0.2) is 0 Å². The topological polar surface area (TPSA) is 92.3 Å². The molecular formula is C22H27F3N4O2. The first kappa shape index (κ1) is 23.0. The number of carbonyl (C=O) groups excluding carboxylic acids is 1. The molecule has 168 valence electrons. The van der Waals surface area contributed by atoms with Gasteiger partial charge in [-0.15, -0.1) is 5.10 Å². The third-order valence-corrected chi connectivity index (χ3v) is 5.61. The fourth-order valence-electron chi connectivity index (χ4n) is 4.11. The number of phenols is 1. The summed E-state index contributed by atoms with van der Waals surface area (Å²) in [6, 6.07) is 4.74. The molecule has 3 N–H and O–H groups in total. The number of aromatic hydroxyl groups is 1. The number of amides is 1. The second-order valence-corrected chi connectivity index (χ2v) is 8.18. The van der Waals surface area contributed by atoms with Crippen molar-refractivity contribution < 1.29 is 23.1 Å². The number of aromatic nitrogens is 2. The van der Waals surface area contributed by atoms with Crippen LogP contribution in [0.3, 0.4) is 0 Å². The normalized spacial score (nSPS) is 17.6. The van der Waals surface area contributed by atoms with Gasteiger partial charge in [0.05, 0.1) is 17.0 Å². The Kier molecular flexibility index (Phi) is 7.15. The Morgan fingerprint density at radius 2 is 2.06 bits per heavy atom. The largest absolute Gasteiger partial charge is 0.507 e. The van der Waals surface area contributed by atoms with Gasteiger partial charge >= 0.3 is 6.18 Å². The highest BCUT2D eigenvalue weighted by Crippen LogP contribution is 2.36. The van der Waals surface area contributed by atoms with E-state index in [4.69, 9.17) is 5.73 Å². The Morgan fingerprint density at radius 1 is 1.29 bits per heavy atom. The first-order valence-electron chi connectivity index (χ1n) is 10.4. The molecule has 1 amide bonds. The predicted octanol–water partition coefficient (Wildman–Crippen LogP) is 3.70. The molecule has 9 heteroatoms. The van der Waals surface area contributed by atoms with Gasteiger partial charge in [-0.05, 0) is 81.4 Å². The van der Waals surface area contributed by atoms with Gasteiger partial charge in [0.25, 0.3) is 0 Å². The lowest BCUT2D eigenvalue weighted by Gasteiger charge is -2.32. The van der Waals surface area contributed by atoms with Gasteiger partial charge in [0.1, 0.15) is 5.75 Å². The van der Waals surface area contributed by atoms with Gasteiger partial charge in [0.15, 0.2) is 0 Å². The molecule has 1 atom stereocenters. The van der Waals surface area contributed by atoms with Crippen LogP contribution in [0.15, 0.2) is 24.3 Å². The molecule has 1 aromatic heterocycles. The lowest BCUT2D eigenvalue weighted by atomic mass is 9.92. The number of rotatable bonds is 7. The number of aryl methyl sites for hydroxylation is 1. The van der Waals surface area contributed by atoms with Crippen LogP contribution in [0, 0.1) is 12.8 Å². The van der Waals surface area contributed by atoms with Gasteiger partial charge in [-0.3, -0.25) is 4.79 Å². The number of nitrogens with two attached hydrogens (primary N) is 1. The summed E-state index contributed by atoms with van der Waals surface area (Å²) in [6.07, 6.45) is -0.468. The van der Waals surface area contributed by atoms with Crippen molar-refractivity contribution in [2.24, 2.45) is 11.7 Å². The number of primary amides is 1. The lowest BCUT2D eigenvalue weighted by Crippen LogP contribution is -2.37. The average molecular weight is 436 g/mol. The third-order valence-electron chi connectivity index (χ3n) is 5.61. The van der Waals surface area contributed by atoms with Gasteiger partial charge in [0.2, 0.25) is 5.91 Å². The van der Waals surface area contributed by atoms with E-state index in [1.807, 2.05) is 13.0 Å². The quantitative estimate of drug-likeness (QED) is 0.691. The first-order valence-corrected chi connectivity index (χ1v) is 10.4. The summed E-state index contributed by atoms with van der Waals surface area (Å²) < 4.78 is 38.5. The van der Waals surface area contributed by atoms with Crippen LogP contribution in [0.1, 0.15) is 42.5 Å². The molecule has 0 spiro atoms. The van der Waals surface area contributed by atoms with E-state index < -0.39 is 17.5 Å². The van der Waals surface area contributed by atoms with E-state index in [1.54, 1.807) is 0 Å². The Hall–Kier alpha value is -2.68. The fourth-order valence-corrected chi connectivity index (χ4v) is 4.11. The second kappa shape index (κ2) is 9.64. The van der Waals surface area contributed by atoms with E-state index in [-0.39, 0.29) is 11.5 Å². The minimum Gasteiger partial charge on any atom is -0.507 e. The van der Waals surface area contributed by atoms with Crippen molar-refractivity contribution >= 4 is 5.91 Å². The van der Waals surface area contributed by atoms with E-state index in [1.165, 1.54) is 6.07 Å². The Bertz CT molecular complexity index is 933. The molecule has 2 heterocycles. The summed E-state index contributed by atoms with van der Waals surface area (Å²) in [7, 11) is 0. The van der Waals surface area contributed by atoms with Crippen molar-refractivity contribution in [2.45, 2.75) is 45.2 Å². The molecule has 3 rings (SSSR count). The predicted molar refractivity (Wildman–Crippen MR) is 110 cm³/mol. The molecule has 0 bridgehead atoms. The highest BCUT2D eigenvalue weighted by Gasteiger charge is 2.31. The summed E-state index contributed by atoms with van der Waals surface area (Å²) in [4.78, 5) is 13.3. The molecule has 2 aromatic rings. The van der Waals surface area contributed by atoms with E-state index in [9.17, 15) is 23.1 Å². The highest BCUT2D eigenvalue weighted by molar-refractivity contribution is 5.73. The zero-order valence-corrected chi connectivity index (χ0v) is 17.5. The summed E-state index contributed by atoms with van der Waals surface area (Å²) in [5, 5.41) is 18.6. The molecule has 0 radical (unpaired) electrons. The van der Waals surface area contributed by atoms with E-state index >= 15 is 0 Å². The molecule has 1 saturated heterocycles. The molecule has 6 nitrogen and oxygen atoms in total. The Morgan fingerprint density at radius 3 is 2.71 bits per heavy atom. The number of piperidine rings is 1. The number of carbonyl (C=O) groups is 1. The van der Waals surface area contributed by atoms with Crippen molar-refractivity contribution in [3.63, 3.8) is 0 Å². The molecule has 1 aromatic carbocycles. The number of halogens is 3. The maximum Gasteiger partial charge on any atom is 0.416 e. The van der Waals surface area contributed by atoms with Crippen LogP contribution in [0.5, 0.6) is 5.75 Å². The molecule has 0 saturated carbocycles. The fraction of sp³-hybridized carbons (Fsp3) is 0.500. The van der Waals surface area contributed by atoms with E-state index in [0.29, 0.717) is 24.1 Å². The SMILES string of the molecule is Cc1cc(C[C@@H]2CCCN(CCCC(N)=O)C2)nnc1-c1ccc(C(F)(F)F)cc1O. The molecule has 1 fully saturated rings. The average Bonchev–Trinajstić information content (AvgIpc) is 2.68. The summed E-state index contributed by atoms with van der Waals surface area (Å²) in [6.45, 7) is 4.57. The third kappa shape index (κ3) is 6.16. The van der Waals surface area contributed by atoms with Gasteiger partial charge in [-0.2, -0.15) is 18.3 Å². The lowest BCUT2D eigenvalue weighted by molar-refractivity contribution is -0.137. The number of phenolic OH excluding ortho intramolecular Hbond substituents is 1. The van der Waals surface area contributed by atoms with Crippen molar-refractivity contribution in [3.05, 3.63) is 41.1 Å². The van der Waals surface area contributed by atoms with Crippen LogP contribution >= 0.6 is 0 Å². The minimum atomic E-state index is -4.52. The van der Waals surface area contributed by atoms with Crippen molar-refractivity contribution in [3.8, 4) is 17.0 Å². The van der Waals surface area contributed by atoms with Crippen molar-refractivity contribution in [2.75, 3.05) is 19.6 Å². The van der Waals surface area contributed by atoms with E-state index in [2.05, 4.69) is 15.1 Å². The van der Waals surface area contributed by atoms with Crippen LogP contribution in [-0.4, -0.2) is 45.7 Å². The number of likely N-dealkylation sites (tertiary alicyclic amines) is 1. The maximum atomic E-state index is 12.8. The molecule has 1 aliphatic rings. The molecular weight excluding hydrogens is 409 g/mol. The summed E-state index contributed by atoms with van der Waals surface area (Å²) in [5.41, 5.74) is 6.45. The standard InChI is InChI=1S/C22H27F3N4O2/c1-14-10-17(11-15-4-2-8-29(13-15)9-3-5-20(26)31)27-28-21(14)18-7-6-16(12-19(18)30)22(23,24)25/h6-7,10,12,15,30H,2-5,8-9,11,13H2,1H3,(H2,26,31)/t15-/m0/s1. The van der Waals surface area contributed by atoms with Crippen LogP contribution in [0.4, 0.5) is 13.2 Å². The molecule has 1 aliphatic heterocycles. The molecule has 0 unspecified atom stereocenters. The number of nitrogens with zero attached hydrogens (tertiary/aromatic N) is 3. The Labute approximate surface area is 179 Å². The summed E-state index contributed by atoms with van der Waals surface area (Å²) in [5.74, 6) is -0.335. The Balaban J connectivity index is 1.66. The van der Waals surface area contributed by atoms with E-state index in [0.717, 1.165) is 62.6 Å². The summed E-state index contributed by atoms with van der Waals surface area (Å²) >= 11 is 0. The zero-order chi connectivity index (χ0) is 22.6. The van der Waals surface area contributed by atoms with Gasteiger partial charge < -0.3 is 15.7 Å². The van der Waals surface area contributed by atoms with Gasteiger partial charge in [0, 0.05) is 18.5 Å².